The Morgan fingerprint density at radius 3 is 2.59 bits per heavy atom. The second kappa shape index (κ2) is 6.74. The smallest absolute Gasteiger partial charge is 0.150 e. The van der Waals surface area contributed by atoms with Gasteiger partial charge in [0.2, 0.25) is 0 Å². The molecule has 0 aliphatic carbocycles. The summed E-state index contributed by atoms with van der Waals surface area (Å²) in [6.45, 7) is 6.44. The predicted octanol–water partition coefficient (Wildman–Crippen LogP) is 2.39. The fraction of sp³-hybridized carbons (Fsp3) is 0.846. The van der Waals surface area contributed by atoms with Crippen LogP contribution in [0.4, 0.5) is 0 Å². The average Bonchev–Trinajstić information content (AvgIpc) is 2.59. The van der Waals surface area contributed by atoms with Gasteiger partial charge < -0.3 is 5.73 Å². The quantitative estimate of drug-likeness (QED) is 0.793. The van der Waals surface area contributed by atoms with E-state index in [2.05, 4.69) is 30.9 Å². The molecule has 0 saturated heterocycles. The Balaban J connectivity index is 2.52. The van der Waals surface area contributed by atoms with Crippen molar-refractivity contribution in [2.24, 2.45) is 12.8 Å². The molecule has 2 N–H and O–H groups in total. The maximum absolute atomic E-state index is 5.76. The van der Waals surface area contributed by atoms with Gasteiger partial charge in [-0.05, 0) is 26.2 Å². The molecule has 1 rings (SSSR count). The van der Waals surface area contributed by atoms with Crippen LogP contribution < -0.4 is 5.73 Å². The van der Waals surface area contributed by atoms with E-state index in [4.69, 9.17) is 5.73 Å². The SMILES string of the molecule is CCCc1nc(C(C)CCCC(C)N)n(C)n1. The minimum atomic E-state index is 0.303. The van der Waals surface area contributed by atoms with Crippen LogP contribution in [0.1, 0.15) is 64.0 Å². The van der Waals surface area contributed by atoms with Gasteiger partial charge in [0, 0.05) is 25.4 Å². The van der Waals surface area contributed by atoms with Gasteiger partial charge in [0.15, 0.2) is 5.82 Å². The summed E-state index contributed by atoms with van der Waals surface area (Å²) in [6, 6.07) is 0.303. The third-order valence-corrected chi connectivity index (χ3v) is 3.05. The molecule has 1 heterocycles. The van der Waals surface area contributed by atoms with Gasteiger partial charge in [-0.2, -0.15) is 5.10 Å². The molecule has 0 radical (unpaired) electrons. The third-order valence-electron chi connectivity index (χ3n) is 3.05. The number of hydrogen-bond donors (Lipinski definition) is 1. The summed E-state index contributed by atoms with van der Waals surface area (Å²) in [6.07, 6.45) is 5.46. The molecule has 1 aromatic rings. The summed E-state index contributed by atoms with van der Waals surface area (Å²) in [5.74, 6) is 2.55. The summed E-state index contributed by atoms with van der Waals surface area (Å²) < 4.78 is 1.93. The number of aryl methyl sites for hydroxylation is 2. The maximum Gasteiger partial charge on any atom is 0.150 e. The monoisotopic (exact) mass is 238 g/mol. The van der Waals surface area contributed by atoms with Crippen molar-refractivity contribution in [2.45, 2.75) is 64.8 Å². The molecule has 1 aromatic heterocycles. The number of aromatic nitrogens is 3. The summed E-state index contributed by atoms with van der Waals surface area (Å²) in [5, 5.41) is 4.45. The van der Waals surface area contributed by atoms with Crippen molar-refractivity contribution in [3.8, 4) is 0 Å². The van der Waals surface area contributed by atoms with Crippen LogP contribution in [-0.4, -0.2) is 20.8 Å². The lowest BCUT2D eigenvalue weighted by Gasteiger charge is -2.11. The van der Waals surface area contributed by atoms with E-state index in [9.17, 15) is 0 Å². The van der Waals surface area contributed by atoms with Crippen LogP contribution in [0.3, 0.4) is 0 Å². The lowest BCUT2D eigenvalue weighted by Crippen LogP contribution is -2.14. The van der Waals surface area contributed by atoms with E-state index in [-0.39, 0.29) is 0 Å². The third kappa shape index (κ3) is 4.46. The van der Waals surface area contributed by atoms with E-state index < -0.39 is 0 Å². The molecular formula is C13H26N4. The molecule has 0 aromatic carbocycles. The van der Waals surface area contributed by atoms with Crippen LogP contribution in [0.2, 0.25) is 0 Å². The minimum absolute atomic E-state index is 0.303. The van der Waals surface area contributed by atoms with Crippen molar-refractivity contribution >= 4 is 0 Å². The zero-order valence-corrected chi connectivity index (χ0v) is 11.6. The molecule has 0 aliphatic heterocycles. The molecular weight excluding hydrogens is 212 g/mol. The van der Waals surface area contributed by atoms with E-state index in [1.807, 2.05) is 11.7 Å². The highest BCUT2D eigenvalue weighted by molar-refractivity contribution is 4.98. The van der Waals surface area contributed by atoms with Crippen molar-refractivity contribution in [1.82, 2.24) is 14.8 Å². The molecule has 0 aliphatic rings. The first-order valence-electron chi connectivity index (χ1n) is 6.70. The molecule has 4 heteroatoms. The Labute approximate surface area is 105 Å². The number of nitrogens with zero attached hydrogens (tertiary/aromatic N) is 3. The highest BCUT2D eigenvalue weighted by Gasteiger charge is 2.14. The van der Waals surface area contributed by atoms with Crippen LogP contribution in [0.25, 0.3) is 0 Å². The Bertz CT molecular complexity index is 330. The zero-order chi connectivity index (χ0) is 12.8. The van der Waals surface area contributed by atoms with Gasteiger partial charge in [0.1, 0.15) is 5.82 Å². The molecule has 0 saturated carbocycles. The molecule has 0 spiro atoms. The zero-order valence-electron chi connectivity index (χ0n) is 11.6. The van der Waals surface area contributed by atoms with Crippen molar-refractivity contribution in [1.29, 1.82) is 0 Å². The van der Waals surface area contributed by atoms with E-state index in [0.29, 0.717) is 12.0 Å². The topological polar surface area (TPSA) is 56.7 Å². The molecule has 17 heavy (non-hydrogen) atoms. The molecule has 98 valence electrons. The van der Waals surface area contributed by atoms with E-state index >= 15 is 0 Å². The first-order chi connectivity index (χ1) is 8.04. The van der Waals surface area contributed by atoms with Gasteiger partial charge in [-0.25, -0.2) is 4.98 Å². The predicted molar refractivity (Wildman–Crippen MR) is 70.9 cm³/mol. The van der Waals surface area contributed by atoms with Gasteiger partial charge in [-0.3, -0.25) is 4.68 Å². The highest BCUT2D eigenvalue weighted by Crippen LogP contribution is 2.19. The Hall–Kier alpha value is -0.900. The molecule has 0 amide bonds. The number of hydrogen-bond acceptors (Lipinski definition) is 3. The van der Waals surface area contributed by atoms with Crippen LogP contribution in [0.5, 0.6) is 0 Å². The van der Waals surface area contributed by atoms with E-state index in [0.717, 1.165) is 43.8 Å². The first kappa shape index (κ1) is 14.2. The first-order valence-corrected chi connectivity index (χ1v) is 6.70. The molecule has 0 fully saturated rings. The maximum atomic E-state index is 5.76. The summed E-state index contributed by atoms with van der Waals surface area (Å²) in [7, 11) is 1.99. The van der Waals surface area contributed by atoms with E-state index in [1.165, 1.54) is 0 Å². The Morgan fingerprint density at radius 1 is 1.29 bits per heavy atom. The van der Waals surface area contributed by atoms with Gasteiger partial charge >= 0.3 is 0 Å². The fourth-order valence-corrected chi connectivity index (χ4v) is 2.09. The Kier molecular flexibility index (Phi) is 5.62. The average molecular weight is 238 g/mol. The van der Waals surface area contributed by atoms with Crippen LogP contribution >= 0.6 is 0 Å². The van der Waals surface area contributed by atoms with Gasteiger partial charge in [0.05, 0.1) is 0 Å². The van der Waals surface area contributed by atoms with E-state index in [1.54, 1.807) is 0 Å². The lowest BCUT2D eigenvalue weighted by molar-refractivity contribution is 0.525. The van der Waals surface area contributed by atoms with Crippen molar-refractivity contribution < 1.29 is 0 Å². The molecule has 4 nitrogen and oxygen atoms in total. The highest BCUT2D eigenvalue weighted by atomic mass is 15.3. The van der Waals surface area contributed by atoms with Crippen LogP contribution in [-0.2, 0) is 13.5 Å². The minimum Gasteiger partial charge on any atom is -0.328 e. The molecule has 0 bridgehead atoms. The Morgan fingerprint density at radius 2 is 2.00 bits per heavy atom. The van der Waals surface area contributed by atoms with Gasteiger partial charge in [-0.15, -0.1) is 0 Å². The molecule has 2 atom stereocenters. The van der Waals surface area contributed by atoms with Gasteiger partial charge in [-0.1, -0.05) is 20.3 Å². The van der Waals surface area contributed by atoms with Gasteiger partial charge in [0.25, 0.3) is 0 Å². The van der Waals surface area contributed by atoms with Crippen molar-refractivity contribution in [2.75, 3.05) is 0 Å². The standard InChI is InChI=1S/C13H26N4/c1-5-7-12-15-13(17(4)16-12)10(2)8-6-9-11(3)14/h10-11H,5-9,14H2,1-4H3. The number of nitrogens with two attached hydrogens (primary N) is 1. The summed E-state index contributed by atoms with van der Waals surface area (Å²) in [4.78, 5) is 4.62. The second-order valence-corrected chi connectivity index (χ2v) is 5.07. The lowest BCUT2D eigenvalue weighted by atomic mass is 10.0. The van der Waals surface area contributed by atoms with Crippen molar-refractivity contribution in [3.05, 3.63) is 11.6 Å². The largest absolute Gasteiger partial charge is 0.328 e. The normalized spacial score (nSPS) is 14.9. The van der Waals surface area contributed by atoms with Crippen molar-refractivity contribution in [3.63, 3.8) is 0 Å². The second-order valence-electron chi connectivity index (χ2n) is 5.07. The molecule has 2 unspecified atom stereocenters. The summed E-state index contributed by atoms with van der Waals surface area (Å²) >= 11 is 0. The summed E-state index contributed by atoms with van der Waals surface area (Å²) in [5.41, 5.74) is 5.76. The van der Waals surface area contributed by atoms with Crippen LogP contribution in [0, 0.1) is 0 Å². The fourth-order valence-electron chi connectivity index (χ4n) is 2.09. The number of rotatable bonds is 7. The van der Waals surface area contributed by atoms with Crippen LogP contribution in [0.15, 0.2) is 0 Å².